The second-order valence-corrected chi connectivity index (χ2v) is 5.83. The Kier molecular flexibility index (Phi) is 6.20. The molecule has 0 aliphatic carbocycles. The lowest BCUT2D eigenvalue weighted by Gasteiger charge is -2.26. The number of nitrogens with zero attached hydrogens (tertiary/aromatic N) is 1. The monoisotopic (exact) mass is 249 g/mol. The predicted molar refractivity (Wildman–Crippen MR) is 77.9 cm³/mol. The molecule has 0 atom stereocenters. The zero-order valence-electron chi connectivity index (χ0n) is 12.4. The molecule has 0 fully saturated rings. The van der Waals surface area contributed by atoms with Gasteiger partial charge in [0, 0.05) is 19.6 Å². The highest BCUT2D eigenvalue weighted by Gasteiger charge is 2.10. The SMILES string of the molecule is COc1ccc(CN(CC(C)C)CC(C)C)cc1. The fourth-order valence-electron chi connectivity index (χ4n) is 2.23. The van der Waals surface area contributed by atoms with Gasteiger partial charge < -0.3 is 4.74 Å². The van der Waals surface area contributed by atoms with Gasteiger partial charge in [-0.1, -0.05) is 39.8 Å². The maximum absolute atomic E-state index is 5.19. The lowest BCUT2D eigenvalue weighted by atomic mass is 10.1. The summed E-state index contributed by atoms with van der Waals surface area (Å²) in [6.45, 7) is 12.5. The minimum absolute atomic E-state index is 0.710. The summed E-state index contributed by atoms with van der Waals surface area (Å²) in [5, 5.41) is 0. The number of ether oxygens (including phenoxy) is 1. The molecule has 0 bridgehead atoms. The first-order valence-corrected chi connectivity index (χ1v) is 6.86. The Balaban J connectivity index is 2.62. The zero-order chi connectivity index (χ0) is 13.5. The second-order valence-electron chi connectivity index (χ2n) is 5.83. The van der Waals surface area contributed by atoms with E-state index in [9.17, 15) is 0 Å². The molecule has 0 aromatic heterocycles. The van der Waals surface area contributed by atoms with Gasteiger partial charge in [-0.3, -0.25) is 4.90 Å². The van der Waals surface area contributed by atoms with Crippen molar-refractivity contribution in [3.8, 4) is 5.75 Å². The third-order valence-corrected chi connectivity index (χ3v) is 2.81. The lowest BCUT2D eigenvalue weighted by Crippen LogP contribution is -2.30. The average Bonchev–Trinajstić information content (AvgIpc) is 2.28. The van der Waals surface area contributed by atoms with Gasteiger partial charge in [0.1, 0.15) is 5.75 Å². The van der Waals surface area contributed by atoms with Crippen LogP contribution in [-0.2, 0) is 6.54 Å². The minimum Gasteiger partial charge on any atom is -0.497 e. The highest BCUT2D eigenvalue weighted by molar-refractivity contribution is 5.27. The van der Waals surface area contributed by atoms with E-state index in [0.29, 0.717) is 11.8 Å². The molecule has 18 heavy (non-hydrogen) atoms. The van der Waals surface area contributed by atoms with E-state index in [2.05, 4.69) is 44.7 Å². The van der Waals surface area contributed by atoms with Crippen molar-refractivity contribution in [1.82, 2.24) is 4.90 Å². The maximum atomic E-state index is 5.19. The normalized spacial score (nSPS) is 11.6. The Labute approximate surface area is 112 Å². The molecule has 2 heteroatoms. The van der Waals surface area contributed by atoms with Crippen LogP contribution in [0.3, 0.4) is 0 Å². The molecule has 0 aliphatic heterocycles. The first-order valence-electron chi connectivity index (χ1n) is 6.86. The molecule has 0 spiro atoms. The Hall–Kier alpha value is -1.02. The van der Waals surface area contributed by atoms with Crippen molar-refractivity contribution in [3.05, 3.63) is 29.8 Å². The van der Waals surface area contributed by atoms with Crippen LogP contribution in [0.4, 0.5) is 0 Å². The van der Waals surface area contributed by atoms with Gasteiger partial charge in [-0.25, -0.2) is 0 Å². The van der Waals surface area contributed by atoms with Gasteiger partial charge in [-0.2, -0.15) is 0 Å². The Morgan fingerprint density at radius 2 is 1.44 bits per heavy atom. The molecule has 102 valence electrons. The molecule has 0 amide bonds. The van der Waals surface area contributed by atoms with Gasteiger partial charge in [0.15, 0.2) is 0 Å². The number of hydrogen-bond acceptors (Lipinski definition) is 2. The van der Waals surface area contributed by atoms with E-state index in [1.165, 1.54) is 5.56 Å². The fraction of sp³-hybridized carbons (Fsp3) is 0.625. The summed E-state index contributed by atoms with van der Waals surface area (Å²) in [4.78, 5) is 2.54. The van der Waals surface area contributed by atoms with Crippen LogP contribution in [0.25, 0.3) is 0 Å². The van der Waals surface area contributed by atoms with Crippen LogP contribution in [-0.4, -0.2) is 25.1 Å². The van der Waals surface area contributed by atoms with Gasteiger partial charge >= 0.3 is 0 Å². The third kappa shape index (κ3) is 5.54. The molecule has 0 heterocycles. The maximum Gasteiger partial charge on any atom is 0.118 e. The molecule has 0 aliphatic rings. The van der Waals surface area contributed by atoms with Crippen LogP contribution in [0.15, 0.2) is 24.3 Å². The van der Waals surface area contributed by atoms with E-state index in [0.717, 1.165) is 25.4 Å². The molecule has 0 saturated carbocycles. The summed E-state index contributed by atoms with van der Waals surface area (Å²) in [6, 6.07) is 8.40. The second kappa shape index (κ2) is 7.42. The number of hydrogen-bond donors (Lipinski definition) is 0. The van der Waals surface area contributed by atoms with Crippen molar-refractivity contribution in [2.24, 2.45) is 11.8 Å². The molecule has 0 unspecified atom stereocenters. The average molecular weight is 249 g/mol. The van der Waals surface area contributed by atoms with E-state index >= 15 is 0 Å². The number of benzene rings is 1. The molecule has 0 N–H and O–H groups in total. The van der Waals surface area contributed by atoms with Crippen LogP contribution in [0.1, 0.15) is 33.3 Å². The van der Waals surface area contributed by atoms with Gasteiger partial charge in [-0.15, -0.1) is 0 Å². The summed E-state index contributed by atoms with van der Waals surface area (Å²) in [5.74, 6) is 2.35. The van der Waals surface area contributed by atoms with E-state index in [4.69, 9.17) is 4.74 Å². The Bertz CT molecular complexity index is 319. The molecule has 1 aromatic rings. The molecule has 0 radical (unpaired) electrons. The number of methoxy groups -OCH3 is 1. The largest absolute Gasteiger partial charge is 0.497 e. The predicted octanol–water partition coefficient (Wildman–Crippen LogP) is 3.81. The van der Waals surface area contributed by atoms with Crippen LogP contribution < -0.4 is 4.74 Å². The Morgan fingerprint density at radius 1 is 0.944 bits per heavy atom. The van der Waals surface area contributed by atoms with E-state index in [-0.39, 0.29) is 0 Å². The highest BCUT2D eigenvalue weighted by Crippen LogP contribution is 2.14. The molecule has 0 saturated heterocycles. The Morgan fingerprint density at radius 3 is 1.83 bits per heavy atom. The van der Waals surface area contributed by atoms with Gasteiger partial charge in [-0.05, 0) is 29.5 Å². The van der Waals surface area contributed by atoms with Crippen molar-refractivity contribution in [2.75, 3.05) is 20.2 Å². The molecule has 1 rings (SSSR count). The van der Waals surface area contributed by atoms with Crippen molar-refractivity contribution in [1.29, 1.82) is 0 Å². The standard InChI is InChI=1S/C16H27NO/c1-13(2)10-17(11-14(3)4)12-15-6-8-16(18-5)9-7-15/h6-9,13-14H,10-12H2,1-5H3. The van der Waals surface area contributed by atoms with Crippen molar-refractivity contribution >= 4 is 0 Å². The van der Waals surface area contributed by atoms with Crippen LogP contribution in [0, 0.1) is 11.8 Å². The summed E-state index contributed by atoms with van der Waals surface area (Å²) in [5.41, 5.74) is 1.36. The topological polar surface area (TPSA) is 12.5 Å². The molecular formula is C16H27NO. The first-order chi connectivity index (χ1) is 8.51. The fourth-order valence-corrected chi connectivity index (χ4v) is 2.23. The van der Waals surface area contributed by atoms with Crippen LogP contribution in [0.5, 0.6) is 5.75 Å². The smallest absolute Gasteiger partial charge is 0.118 e. The van der Waals surface area contributed by atoms with E-state index in [1.807, 2.05) is 12.1 Å². The van der Waals surface area contributed by atoms with Gasteiger partial charge in [0.05, 0.1) is 7.11 Å². The highest BCUT2D eigenvalue weighted by atomic mass is 16.5. The van der Waals surface area contributed by atoms with Gasteiger partial charge in [0.25, 0.3) is 0 Å². The summed E-state index contributed by atoms with van der Waals surface area (Å²) < 4.78 is 5.19. The van der Waals surface area contributed by atoms with Gasteiger partial charge in [0.2, 0.25) is 0 Å². The van der Waals surface area contributed by atoms with E-state index in [1.54, 1.807) is 7.11 Å². The molecular weight excluding hydrogens is 222 g/mol. The third-order valence-electron chi connectivity index (χ3n) is 2.81. The molecule has 2 nitrogen and oxygen atoms in total. The summed E-state index contributed by atoms with van der Waals surface area (Å²) in [7, 11) is 1.71. The minimum atomic E-state index is 0.710. The van der Waals surface area contributed by atoms with Crippen molar-refractivity contribution < 1.29 is 4.74 Å². The zero-order valence-corrected chi connectivity index (χ0v) is 12.4. The van der Waals surface area contributed by atoms with Crippen molar-refractivity contribution in [2.45, 2.75) is 34.2 Å². The first kappa shape index (κ1) is 15.0. The lowest BCUT2D eigenvalue weighted by molar-refractivity contribution is 0.211. The van der Waals surface area contributed by atoms with Crippen LogP contribution >= 0.6 is 0 Å². The summed E-state index contributed by atoms with van der Waals surface area (Å²) >= 11 is 0. The summed E-state index contributed by atoms with van der Waals surface area (Å²) in [6.07, 6.45) is 0. The van der Waals surface area contributed by atoms with Crippen LogP contribution in [0.2, 0.25) is 0 Å². The molecule has 1 aromatic carbocycles. The van der Waals surface area contributed by atoms with Crippen molar-refractivity contribution in [3.63, 3.8) is 0 Å². The van der Waals surface area contributed by atoms with E-state index < -0.39 is 0 Å². The quantitative estimate of drug-likeness (QED) is 0.728. The number of rotatable bonds is 7.